The molecule has 11 nitrogen and oxygen atoms in total. The lowest BCUT2D eigenvalue weighted by molar-refractivity contribution is -0.139. The number of rotatable bonds is 5. The second kappa shape index (κ2) is 11.2. The topological polar surface area (TPSA) is 109 Å². The summed E-state index contributed by atoms with van der Waals surface area (Å²) in [6.45, 7) is 4.38. The summed E-state index contributed by atoms with van der Waals surface area (Å²) in [7, 11) is 5.51. The van der Waals surface area contributed by atoms with Gasteiger partial charge in [0.2, 0.25) is 5.91 Å². The third-order valence-electron chi connectivity index (χ3n) is 10.6. The normalized spacial score (nSPS) is 22.4. The van der Waals surface area contributed by atoms with Crippen LogP contribution in [0.25, 0.3) is 11.3 Å². The number of likely N-dealkylation sites (N-methyl/N-ethyl adjacent to an activating group) is 2. The van der Waals surface area contributed by atoms with E-state index >= 15 is 0 Å². The van der Waals surface area contributed by atoms with Crippen molar-refractivity contribution in [3.63, 3.8) is 0 Å². The van der Waals surface area contributed by atoms with Crippen molar-refractivity contribution in [3.05, 3.63) is 87.2 Å². The van der Waals surface area contributed by atoms with Gasteiger partial charge in [0.1, 0.15) is 17.6 Å². The fraction of sp³-hybridized carbons (Fsp3) is 0.417. The van der Waals surface area contributed by atoms with Crippen molar-refractivity contribution in [1.82, 2.24) is 28.9 Å². The molecule has 4 aromatic rings. The smallest absolute Gasteiger partial charge is 0.293 e. The van der Waals surface area contributed by atoms with Crippen LogP contribution in [0.5, 0.6) is 0 Å². The van der Waals surface area contributed by atoms with Crippen LogP contribution in [-0.4, -0.2) is 73.9 Å². The summed E-state index contributed by atoms with van der Waals surface area (Å²) < 4.78 is 3.82. The number of nitrogens with one attached hydrogen (secondary N) is 1. The molecule has 2 aliphatic carbocycles. The molecule has 5 heterocycles. The van der Waals surface area contributed by atoms with E-state index in [4.69, 9.17) is 9.97 Å². The summed E-state index contributed by atoms with van der Waals surface area (Å²) in [5.41, 5.74) is 7.06. The number of benzene rings is 1. The highest BCUT2D eigenvalue weighted by Crippen LogP contribution is 2.45. The van der Waals surface area contributed by atoms with E-state index in [0.717, 1.165) is 54.7 Å². The van der Waals surface area contributed by atoms with Gasteiger partial charge >= 0.3 is 0 Å². The fourth-order valence-electron chi connectivity index (χ4n) is 7.75. The van der Waals surface area contributed by atoms with Crippen molar-refractivity contribution >= 4 is 29.1 Å². The zero-order valence-electron chi connectivity index (χ0n) is 27.4. The third kappa shape index (κ3) is 4.95. The molecule has 1 N–H and O–H groups in total. The molecule has 1 saturated carbocycles. The van der Waals surface area contributed by atoms with Crippen LogP contribution in [0.3, 0.4) is 0 Å². The van der Waals surface area contributed by atoms with Crippen molar-refractivity contribution in [1.29, 1.82) is 0 Å². The van der Waals surface area contributed by atoms with Crippen LogP contribution in [0.15, 0.2) is 53.6 Å². The zero-order chi connectivity index (χ0) is 32.6. The summed E-state index contributed by atoms with van der Waals surface area (Å²) in [6.07, 6.45) is 8.87. The number of aryl methyl sites for hydroxylation is 2. The lowest BCUT2D eigenvalue weighted by Gasteiger charge is -2.37. The first-order valence-corrected chi connectivity index (χ1v) is 16.6. The third-order valence-corrected chi connectivity index (χ3v) is 10.6. The van der Waals surface area contributed by atoms with Gasteiger partial charge in [0.15, 0.2) is 5.82 Å². The van der Waals surface area contributed by atoms with Crippen molar-refractivity contribution in [3.8, 4) is 11.3 Å². The quantitative estimate of drug-likeness (QED) is 0.354. The molecule has 3 aromatic heterocycles. The van der Waals surface area contributed by atoms with Gasteiger partial charge in [-0.2, -0.15) is 0 Å². The maximum absolute atomic E-state index is 14.2. The van der Waals surface area contributed by atoms with Gasteiger partial charge in [-0.25, -0.2) is 9.97 Å². The standard InChI is InChI=1S/C36H40N8O3/c1-21-26(13-14-37-33(21)44-29-18-24(29)19-43-28-8-6-5-7-23(28)17-30(43)34(44)45)27-20-42(4)36(47)32(39-27)38-25-11-9-22(10-12-25)31-35(46)41(3)16-15-40(31)2/h9-14,17,20,24,29,31H,5-8,15-16,18-19H2,1-4H3,(H,38,39)/t24?,29?,31-/m1/s1. The van der Waals surface area contributed by atoms with E-state index in [1.54, 1.807) is 24.3 Å². The molecule has 3 atom stereocenters. The lowest BCUT2D eigenvalue weighted by atomic mass is 9.98. The van der Waals surface area contributed by atoms with Crippen molar-refractivity contribution in [2.45, 2.75) is 57.7 Å². The number of amides is 2. The number of piperazine rings is 1. The van der Waals surface area contributed by atoms with Crippen LogP contribution in [0.4, 0.5) is 17.3 Å². The Hall–Kier alpha value is -4.77. The largest absolute Gasteiger partial charge is 0.343 e. The number of carbonyl (C=O) groups excluding carboxylic acids is 2. The average molecular weight is 633 g/mol. The van der Waals surface area contributed by atoms with Gasteiger partial charge in [0.05, 0.1) is 5.69 Å². The molecule has 1 aromatic carbocycles. The summed E-state index contributed by atoms with van der Waals surface area (Å²) >= 11 is 0. The molecular weight excluding hydrogens is 592 g/mol. The molecule has 8 rings (SSSR count). The highest BCUT2D eigenvalue weighted by molar-refractivity contribution is 6.07. The Bertz CT molecular complexity index is 1980. The number of pyridine rings is 1. The highest BCUT2D eigenvalue weighted by atomic mass is 16.2. The minimum atomic E-state index is -0.335. The predicted octanol–water partition coefficient (Wildman–Crippen LogP) is 4.07. The SMILES string of the molecule is Cc1c(-c2cn(C)c(=O)c(Nc3ccc([C@@H]4C(=O)N(C)CCN4C)cc3)n2)ccnc1N1C(=O)c2cc3c(n2CC2CC21)CCCC3. The number of anilines is 3. The molecule has 2 fully saturated rings. The molecule has 0 radical (unpaired) electrons. The Morgan fingerprint density at radius 1 is 0.957 bits per heavy atom. The Kier molecular flexibility index (Phi) is 7.05. The first-order chi connectivity index (χ1) is 22.7. The van der Waals surface area contributed by atoms with Crippen molar-refractivity contribution in [2.24, 2.45) is 13.0 Å². The average Bonchev–Trinajstić information content (AvgIpc) is 3.74. The van der Waals surface area contributed by atoms with Crippen LogP contribution in [0.1, 0.15) is 58.2 Å². The Labute approximate surface area is 273 Å². The van der Waals surface area contributed by atoms with Crippen molar-refractivity contribution < 1.29 is 9.59 Å². The van der Waals surface area contributed by atoms with E-state index < -0.39 is 0 Å². The van der Waals surface area contributed by atoms with E-state index in [2.05, 4.69) is 20.9 Å². The Morgan fingerprint density at radius 3 is 2.55 bits per heavy atom. The van der Waals surface area contributed by atoms with Gasteiger partial charge in [-0.3, -0.25) is 24.2 Å². The maximum Gasteiger partial charge on any atom is 0.293 e. The second-order valence-corrected chi connectivity index (χ2v) is 13.6. The highest BCUT2D eigenvalue weighted by Gasteiger charge is 2.49. The van der Waals surface area contributed by atoms with E-state index in [1.807, 2.05) is 56.3 Å². The van der Waals surface area contributed by atoms with Gasteiger partial charge < -0.3 is 19.4 Å². The summed E-state index contributed by atoms with van der Waals surface area (Å²) in [6, 6.07) is 11.4. The minimum absolute atomic E-state index is 0.0177. The summed E-state index contributed by atoms with van der Waals surface area (Å²) in [5, 5.41) is 3.21. The minimum Gasteiger partial charge on any atom is -0.343 e. The number of carbonyl (C=O) groups is 2. The molecule has 2 unspecified atom stereocenters. The Morgan fingerprint density at radius 2 is 1.74 bits per heavy atom. The van der Waals surface area contributed by atoms with Crippen LogP contribution in [-0.2, 0) is 31.2 Å². The molecule has 2 aliphatic heterocycles. The zero-order valence-corrected chi connectivity index (χ0v) is 27.4. The molecule has 242 valence electrons. The number of fused-ring (bicyclic) bond motifs is 4. The Balaban J connectivity index is 1.10. The number of hydrogen-bond donors (Lipinski definition) is 1. The summed E-state index contributed by atoms with van der Waals surface area (Å²) in [4.78, 5) is 55.6. The van der Waals surface area contributed by atoms with Gasteiger partial charge in [0, 0.05) is 74.7 Å². The van der Waals surface area contributed by atoms with Crippen LogP contribution >= 0.6 is 0 Å². The van der Waals surface area contributed by atoms with Gasteiger partial charge in [-0.1, -0.05) is 12.1 Å². The van der Waals surface area contributed by atoms with Gasteiger partial charge in [-0.05, 0) is 87.4 Å². The van der Waals surface area contributed by atoms with Gasteiger partial charge in [0.25, 0.3) is 11.5 Å². The number of aromatic nitrogens is 4. The van der Waals surface area contributed by atoms with Crippen LogP contribution in [0.2, 0.25) is 0 Å². The van der Waals surface area contributed by atoms with Crippen molar-refractivity contribution in [2.75, 3.05) is 37.4 Å². The molecular formula is C36H40N8O3. The summed E-state index contributed by atoms with van der Waals surface area (Å²) in [5.74, 6) is 1.35. The first kappa shape index (κ1) is 29.6. The van der Waals surface area contributed by atoms with Gasteiger partial charge in [-0.15, -0.1) is 0 Å². The van der Waals surface area contributed by atoms with E-state index in [9.17, 15) is 14.4 Å². The van der Waals surface area contributed by atoms with E-state index in [0.29, 0.717) is 29.7 Å². The molecule has 4 aliphatic rings. The van der Waals surface area contributed by atoms with Crippen LogP contribution in [0, 0.1) is 12.8 Å². The second-order valence-electron chi connectivity index (χ2n) is 13.6. The molecule has 11 heteroatoms. The maximum atomic E-state index is 14.2. The number of nitrogens with zero attached hydrogens (tertiary/aromatic N) is 7. The van der Waals surface area contributed by atoms with Crippen LogP contribution < -0.4 is 15.8 Å². The molecule has 47 heavy (non-hydrogen) atoms. The first-order valence-electron chi connectivity index (χ1n) is 16.6. The predicted molar refractivity (Wildman–Crippen MR) is 180 cm³/mol. The monoisotopic (exact) mass is 632 g/mol. The molecule has 0 spiro atoms. The van der Waals surface area contributed by atoms with E-state index in [-0.39, 0.29) is 35.3 Å². The van der Waals surface area contributed by atoms with E-state index in [1.165, 1.54) is 28.7 Å². The molecule has 2 amide bonds. The fourth-order valence-corrected chi connectivity index (χ4v) is 7.75. The lowest BCUT2D eigenvalue weighted by Crippen LogP contribution is -2.48. The molecule has 1 saturated heterocycles. The number of hydrogen-bond acceptors (Lipinski definition) is 7. The molecule has 0 bridgehead atoms.